The summed E-state index contributed by atoms with van der Waals surface area (Å²) in [6.07, 6.45) is 2.37. The number of aromatic carboxylic acids is 1. The highest BCUT2D eigenvalue weighted by atomic mass is 16.4. The summed E-state index contributed by atoms with van der Waals surface area (Å²) >= 11 is 0. The second kappa shape index (κ2) is 8.23. The average Bonchev–Trinajstić information content (AvgIpc) is 2.93. The first-order valence-electron chi connectivity index (χ1n) is 7.14. The molecule has 2 N–H and O–H groups in total. The first-order valence-corrected chi connectivity index (χ1v) is 7.14. The third-order valence-electron chi connectivity index (χ3n) is 3.27. The first-order chi connectivity index (χ1) is 9.97. The van der Waals surface area contributed by atoms with Crippen LogP contribution in [0.2, 0.25) is 0 Å². The van der Waals surface area contributed by atoms with Crippen molar-refractivity contribution in [2.45, 2.75) is 33.7 Å². The van der Waals surface area contributed by atoms with E-state index in [-0.39, 0.29) is 11.7 Å². The van der Waals surface area contributed by atoms with E-state index < -0.39 is 5.97 Å². The molecule has 0 fully saturated rings. The lowest BCUT2D eigenvalue weighted by molar-refractivity contribution is 0.0690. The standard InChI is InChI=1S/C13H23N5O3/c1-4-10(3)8-17(5-2)13(21)14-6-7-18-9-11(12(19)20)15-16-18/h9-10H,4-8H2,1-3H3,(H,14,21)(H,19,20). The minimum Gasteiger partial charge on any atom is -0.476 e. The summed E-state index contributed by atoms with van der Waals surface area (Å²) in [5.74, 6) is -0.653. The number of carboxylic acid groups (broad SMARTS) is 1. The first kappa shape index (κ1) is 16.9. The van der Waals surface area contributed by atoms with Crippen LogP contribution in [0.4, 0.5) is 4.79 Å². The number of rotatable bonds is 8. The number of hydrogen-bond donors (Lipinski definition) is 2. The predicted molar refractivity (Wildman–Crippen MR) is 77.1 cm³/mol. The van der Waals surface area contributed by atoms with Crippen molar-refractivity contribution in [1.82, 2.24) is 25.2 Å². The van der Waals surface area contributed by atoms with Crippen LogP contribution in [0, 0.1) is 5.92 Å². The molecule has 0 aliphatic heterocycles. The molecule has 0 saturated heterocycles. The molecule has 0 radical (unpaired) electrons. The number of nitrogens with zero attached hydrogens (tertiary/aromatic N) is 4. The Kier molecular flexibility index (Phi) is 6.64. The van der Waals surface area contributed by atoms with Gasteiger partial charge in [-0.2, -0.15) is 0 Å². The van der Waals surface area contributed by atoms with Crippen LogP contribution in [0.5, 0.6) is 0 Å². The van der Waals surface area contributed by atoms with Gasteiger partial charge in [-0.15, -0.1) is 5.10 Å². The van der Waals surface area contributed by atoms with Gasteiger partial charge in [0, 0.05) is 19.6 Å². The van der Waals surface area contributed by atoms with Crippen LogP contribution in [0.3, 0.4) is 0 Å². The fourth-order valence-electron chi connectivity index (χ4n) is 1.76. The number of carbonyl (C=O) groups is 2. The Morgan fingerprint density at radius 2 is 2.19 bits per heavy atom. The number of carbonyl (C=O) groups excluding carboxylic acids is 1. The van der Waals surface area contributed by atoms with Gasteiger partial charge in [-0.25, -0.2) is 14.3 Å². The summed E-state index contributed by atoms with van der Waals surface area (Å²) in [5.41, 5.74) is -0.103. The van der Waals surface area contributed by atoms with Gasteiger partial charge in [0.15, 0.2) is 5.69 Å². The van der Waals surface area contributed by atoms with Crippen LogP contribution >= 0.6 is 0 Å². The van der Waals surface area contributed by atoms with Gasteiger partial charge < -0.3 is 15.3 Å². The zero-order valence-corrected chi connectivity index (χ0v) is 12.7. The van der Waals surface area contributed by atoms with Crippen LogP contribution in [0.1, 0.15) is 37.7 Å². The van der Waals surface area contributed by atoms with Gasteiger partial charge in [0.25, 0.3) is 0 Å². The van der Waals surface area contributed by atoms with Crippen molar-refractivity contribution in [2.75, 3.05) is 19.6 Å². The summed E-state index contributed by atoms with van der Waals surface area (Å²) in [5, 5.41) is 18.7. The van der Waals surface area contributed by atoms with Gasteiger partial charge in [-0.1, -0.05) is 25.5 Å². The largest absolute Gasteiger partial charge is 0.476 e. The molecule has 0 bridgehead atoms. The van der Waals surface area contributed by atoms with Crippen molar-refractivity contribution < 1.29 is 14.7 Å². The highest BCUT2D eigenvalue weighted by Crippen LogP contribution is 2.04. The van der Waals surface area contributed by atoms with E-state index in [2.05, 4.69) is 29.5 Å². The molecule has 8 nitrogen and oxygen atoms in total. The van der Waals surface area contributed by atoms with Crippen LogP contribution < -0.4 is 5.32 Å². The van der Waals surface area contributed by atoms with Crippen molar-refractivity contribution in [2.24, 2.45) is 5.92 Å². The molecule has 8 heteroatoms. The van der Waals surface area contributed by atoms with E-state index in [1.807, 2.05) is 6.92 Å². The maximum atomic E-state index is 12.0. The molecule has 1 rings (SSSR count). The number of nitrogens with one attached hydrogen (secondary N) is 1. The number of aromatic nitrogens is 3. The molecule has 21 heavy (non-hydrogen) atoms. The molecule has 0 saturated carbocycles. The molecular formula is C13H23N5O3. The summed E-state index contributed by atoms with van der Waals surface area (Å²) in [7, 11) is 0. The summed E-state index contributed by atoms with van der Waals surface area (Å²) in [6, 6.07) is -0.114. The minimum absolute atomic E-state index is 0.103. The Morgan fingerprint density at radius 3 is 2.71 bits per heavy atom. The Morgan fingerprint density at radius 1 is 1.48 bits per heavy atom. The predicted octanol–water partition coefficient (Wildman–Crippen LogP) is 1.05. The van der Waals surface area contributed by atoms with Gasteiger partial charge in [-0.3, -0.25) is 0 Å². The van der Waals surface area contributed by atoms with Gasteiger partial charge in [0.05, 0.1) is 12.7 Å². The van der Waals surface area contributed by atoms with Crippen molar-refractivity contribution in [3.8, 4) is 0 Å². The summed E-state index contributed by atoms with van der Waals surface area (Å²) in [4.78, 5) is 24.4. The van der Waals surface area contributed by atoms with E-state index in [0.29, 0.717) is 25.6 Å². The number of amides is 2. The normalized spacial score (nSPS) is 12.0. The van der Waals surface area contributed by atoms with Crippen molar-refractivity contribution in [1.29, 1.82) is 0 Å². The molecule has 0 aliphatic rings. The van der Waals surface area contributed by atoms with Gasteiger partial charge in [0.2, 0.25) is 0 Å². The second-order valence-corrected chi connectivity index (χ2v) is 4.96. The summed E-state index contributed by atoms with van der Waals surface area (Å²) < 4.78 is 1.40. The van der Waals surface area contributed by atoms with Crippen molar-refractivity contribution in [3.63, 3.8) is 0 Å². The van der Waals surface area contributed by atoms with Gasteiger partial charge in [0.1, 0.15) is 0 Å². The molecule has 1 aromatic rings. The Hall–Kier alpha value is -2.12. The Bertz CT molecular complexity index is 474. The molecule has 118 valence electrons. The van der Waals surface area contributed by atoms with Crippen LogP contribution in [-0.2, 0) is 6.54 Å². The third kappa shape index (κ3) is 5.41. The Labute approximate surface area is 124 Å². The SMILES string of the molecule is CCC(C)CN(CC)C(=O)NCCn1cc(C(=O)O)nn1. The van der Waals surface area contributed by atoms with E-state index in [4.69, 9.17) is 5.11 Å². The zero-order chi connectivity index (χ0) is 15.8. The fourth-order valence-corrected chi connectivity index (χ4v) is 1.76. The molecule has 1 atom stereocenters. The fraction of sp³-hybridized carbons (Fsp3) is 0.692. The molecule has 0 aliphatic carbocycles. The molecule has 1 aromatic heterocycles. The lowest BCUT2D eigenvalue weighted by Gasteiger charge is -2.24. The highest BCUT2D eigenvalue weighted by molar-refractivity contribution is 5.84. The molecule has 0 aromatic carbocycles. The van der Waals surface area contributed by atoms with E-state index >= 15 is 0 Å². The molecule has 0 spiro atoms. The molecule has 2 amide bonds. The van der Waals surface area contributed by atoms with Gasteiger partial charge >= 0.3 is 12.0 Å². The molecule has 1 heterocycles. The topological polar surface area (TPSA) is 100 Å². The molecule has 1 unspecified atom stereocenters. The maximum Gasteiger partial charge on any atom is 0.358 e. The number of carboxylic acids is 1. The third-order valence-corrected chi connectivity index (χ3v) is 3.27. The minimum atomic E-state index is -1.11. The molecular weight excluding hydrogens is 274 g/mol. The monoisotopic (exact) mass is 297 g/mol. The lowest BCUT2D eigenvalue weighted by atomic mass is 10.1. The van der Waals surface area contributed by atoms with Crippen LogP contribution in [0.25, 0.3) is 0 Å². The quantitative estimate of drug-likeness (QED) is 0.747. The highest BCUT2D eigenvalue weighted by Gasteiger charge is 2.14. The van der Waals surface area contributed by atoms with E-state index in [1.165, 1.54) is 10.9 Å². The van der Waals surface area contributed by atoms with Crippen molar-refractivity contribution >= 4 is 12.0 Å². The van der Waals surface area contributed by atoms with E-state index in [1.54, 1.807) is 4.90 Å². The zero-order valence-electron chi connectivity index (χ0n) is 12.7. The summed E-state index contributed by atoms with van der Waals surface area (Å²) in [6.45, 7) is 8.29. The lowest BCUT2D eigenvalue weighted by Crippen LogP contribution is -2.43. The smallest absolute Gasteiger partial charge is 0.358 e. The van der Waals surface area contributed by atoms with Crippen LogP contribution in [0.15, 0.2) is 6.20 Å². The maximum absolute atomic E-state index is 12.0. The average molecular weight is 297 g/mol. The van der Waals surface area contributed by atoms with Crippen LogP contribution in [-0.4, -0.2) is 56.6 Å². The Balaban J connectivity index is 2.39. The number of urea groups is 1. The second-order valence-electron chi connectivity index (χ2n) is 4.96. The number of hydrogen-bond acceptors (Lipinski definition) is 4. The van der Waals surface area contributed by atoms with Gasteiger partial charge in [-0.05, 0) is 12.8 Å². The van der Waals surface area contributed by atoms with E-state index in [9.17, 15) is 9.59 Å². The van der Waals surface area contributed by atoms with Crippen molar-refractivity contribution in [3.05, 3.63) is 11.9 Å². The van der Waals surface area contributed by atoms with E-state index in [0.717, 1.165) is 13.0 Å².